The minimum Gasteiger partial charge on any atom is -0.617 e. The van der Waals surface area contributed by atoms with E-state index in [1.807, 2.05) is 0 Å². The first-order valence-electron chi connectivity index (χ1n) is 2.77. The molecule has 0 rings (SSSR count). The van der Waals surface area contributed by atoms with Crippen molar-refractivity contribution in [1.29, 1.82) is 0 Å². The lowest BCUT2D eigenvalue weighted by atomic mass is 10.3. The first kappa shape index (κ1) is 12.0. The molecule has 0 heterocycles. The fourth-order valence-electron chi connectivity index (χ4n) is 0.450. The molecule has 0 aromatic heterocycles. The second-order valence-corrected chi connectivity index (χ2v) is 3.33. The molecule has 0 saturated heterocycles. The normalized spacial score (nSPS) is 12.3. The van der Waals surface area contributed by atoms with E-state index in [0.29, 0.717) is 0 Å². The van der Waals surface area contributed by atoms with E-state index in [-0.39, 0.29) is 6.15 Å². The highest BCUT2D eigenvalue weighted by molar-refractivity contribution is 7.90. The minimum absolute atomic E-state index is 0. The largest absolute Gasteiger partial charge is 0.617 e. The monoisotopic (exact) mass is 152 g/mol. The van der Waals surface area contributed by atoms with E-state index < -0.39 is 11.2 Å². The maximum absolute atomic E-state index is 10.4. The Morgan fingerprint density at radius 1 is 1.44 bits per heavy atom. The van der Waals surface area contributed by atoms with Crippen LogP contribution in [0.1, 0.15) is 12.8 Å². The van der Waals surface area contributed by atoms with Crippen LogP contribution in [-0.2, 0) is 11.2 Å². The summed E-state index contributed by atoms with van der Waals surface area (Å²) in [7, 11) is 0. The van der Waals surface area contributed by atoms with Crippen molar-refractivity contribution < 1.29 is 4.55 Å². The van der Waals surface area contributed by atoms with Gasteiger partial charge in [-0.25, -0.2) is 0 Å². The Bertz CT molecular complexity index is 52.2. The highest BCUT2D eigenvalue weighted by Gasteiger charge is 1.93. The van der Waals surface area contributed by atoms with Gasteiger partial charge in [0.2, 0.25) is 0 Å². The van der Waals surface area contributed by atoms with Gasteiger partial charge in [-0.3, -0.25) is 0 Å². The van der Waals surface area contributed by atoms with Crippen LogP contribution in [-0.4, -0.2) is 23.1 Å². The summed E-state index contributed by atoms with van der Waals surface area (Å²) >= 11 is -0.623. The van der Waals surface area contributed by atoms with Crippen molar-refractivity contribution in [2.45, 2.75) is 12.8 Å². The van der Waals surface area contributed by atoms with E-state index in [1.165, 1.54) is 0 Å². The van der Waals surface area contributed by atoms with Crippen molar-refractivity contribution in [1.82, 2.24) is 6.15 Å². The Morgan fingerprint density at radius 2 is 2.00 bits per heavy atom. The van der Waals surface area contributed by atoms with E-state index in [4.69, 9.17) is 5.73 Å². The van der Waals surface area contributed by atoms with Gasteiger partial charge in [-0.05, 0) is 19.4 Å². The standard InChI is InChI=1S/C5H13NOS.H3N/c1-8(7)5-3-2-4-6;/h2-6H2,1H3;1H3. The third-order valence-corrected chi connectivity index (χ3v) is 1.75. The summed E-state index contributed by atoms with van der Waals surface area (Å²) in [5.41, 5.74) is 5.22. The zero-order valence-electron chi connectivity index (χ0n) is 5.93. The first-order chi connectivity index (χ1) is 3.77. The molecule has 0 aliphatic heterocycles. The smallest absolute Gasteiger partial charge is 0.105 e. The van der Waals surface area contributed by atoms with Gasteiger partial charge in [0.15, 0.2) is 0 Å². The quantitative estimate of drug-likeness (QED) is 0.448. The number of hydrogen-bond donors (Lipinski definition) is 2. The van der Waals surface area contributed by atoms with Crippen molar-refractivity contribution in [3.63, 3.8) is 0 Å². The van der Waals surface area contributed by atoms with Crippen LogP contribution in [0.15, 0.2) is 0 Å². The molecule has 5 N–H and O–H groups in total. The topological polar surface area (TPSA) is 84.1 Å². The van der Waals surface area contributed by atoms with E-state index in [9.17, 15) is 4.55 Å². The van der Waals surface area contributed by atoms with Crippen LogP contribution in [0.5, 0.6) is 0 Å². The molecule has 0 aromatic carbocycles. The van der Waals surface area contributed by atoms with Gasteiger partial charge in [-0.15, -0.1) is 0 Å². The zero-order chi connectivity index (χ0) is 6.41. The maximum Gasteiger partial charge on any atom is 0.105 e. The van der Waals surface area contributed by atoms with Crippen LogP contribution in [0.3, 0.4) is 0 Å². The maximum atomic E-state index is 10.4. The highest BCUT2D eigenvalue weighted by atomic mass is 32.2. The van der Waals surface area contributed by atoms with Crippen molar-refractivity contribution in [2.24, 2.45) is 5.73 Å². The van der Waals surface area contributed by atoms with Gasteiger partial charge in [0.1, 0.15) is 5.75 Å². The number of rotatable bonds is 4. The second kappa shape index (κ2) is 8.23. The van der Waals surface area contributed by atoms with Gasteiger partial charge in [0.25, 0.3) is 0 Å². The summed E-state index contributed by atoms with van der Waals surface area (Å²) < 4.78 is 10.4. The van der Waals surface area contributed by atoms with Crippen LogP contribution in [0.25, 0.3) is 0 Å². The fourth-order valence-corrected chi connectivity index (χ4v) is 1.06. The molecule has 0 amide bonds. The molecule has 4 heteroatoms. The molecule has 1 atom stereocenters. The lowest BCUT2D eigenvalue weighted by Gasteiger charge is -2.01. The Labute approximate surface area is 59.8 Å². The molecule has 9 heavy (non-hydrogen) atoms. The summed E-state index contributed by atoms with van der Waals surface area (Å²) in [6.45, 7) is 0.719. The van der Waals surface area contributed by atoms with E-state index in [0.717, 1.165) is 25.1 Å². The van der Waals surface area contributed by atoms with Gasteiger partial charge < -0.3 is 16.4 Å². The first-order valence-corrected chi connectivity index (χ1v) is 4.50. The summed E-state index contributed by atoms with van der Waals surface area (Å²) in [4.78, 5) is 0. The molecule has 0 fully saturated rings. The molecular weight excluding hydrogens is 136 g/mol. The van der Waals surface area contributed by atoms with Gasteiger partial charge in [-0.1, -0.05) is 11.2 Å². The Kier molecular flexibility index (Phi) is 10.9. The average molecular weight is 152 g/mol. The van der Waals surface area contributed by atoms with Crippen molar-refractivity contribution in [3.8, 4) is 0 Å². The Morgan fingerprint density at radius 3 is 2.33 bits per heavy atom. The number of hydrogen-bond acceptors (Lipinski definition) is 3. The Hall–Kier alpha value is 0.230. The lowest BCUT2D eigenvalue weighted by Crippen LogP contribution is -2.06. The van der Waals surface area contributed by atoms with E-state index in [1.54, 1.807) is 6.26 Å². The molecule has 0 aliphatic rings. The molecule has 0 saturated carbocycles. The summed E-state index contributed by atoms with van der Waals surface area (Å²) in [5.74, 6) is 0.803. The van der Waals surface area contributed by atoms with Crippen LogP contribution in [0.4, 0.5) is 0 Å². The lowest BCUT2D eigenvalue weighted by molar-refractivity contribution is 0.596. The second-order valence-electron chi connectivity index (χ2n) is 1.77. The molecule has 1 unspecified atom stereocenters. The Balaban J connectivity index is 0. The molecule has 3 nitrogen and oxygen atoms in total. The molecular formula is C5H16N2OS. The van der Waals surface area contributed by atoms with Gasteiger partial charge in [0, 0.05) is 0 Å². The molecule has 0 spiro atoms. The van der Waals surface area contributed by atoms with E-state index in [2.05, 4.69) is 0 Å². The molecule has 0 aliphatic carbocycles. The molecule has 0 aromatic rings. The molecule has 0 bridgehead atoms. The van der Waals surface area contributed by atoms with Crippen LogP contribution < -0.4 is 11.9 Å². The zero-order valence-corrected chi connectivity index (χ0v) is 6.75. The van der Waals surface area contributed by atoms with Crippen molar-refractivity contribution in [2.75, 3.05) is 18.6 Å². The summed E-state index contributed by atoms with van der Waals surface area (Å²) in [6, 6.07) is 0. The van der Waals surface area contributed by atoms with Gasteiger partial charge in [-0.2, -0.15) is 0 Å². The third kappa shape index (κ3) is 11.7. The van der Waals surface area contributed by atoms with Crippen molar-refractivity contribution >= 4 is 11.2 Å². The third-order valence-electron chi connectivity index (χ3n) is 0.886. The summed E-state index contributed by atoms with van der Waals surface area (Å²) in [6.07, 6.45) is 3.72. The van der Waals surface area contributed by atoms with Crippen molar-refractivity contribution in [3.05, 3.63) is 0 Å². The predicted octanol–water partition coefficient (Wildman–Crippen LogP) is 0.266. The predicted molar refractivity (Wildman–Crippen MR) is 42.2 cm³/mol. The van der Waals surface area contributed by atoms with Gasteiger partial charge >= 0.3 is 0 Å². The van der Waals surface area contributed by atoms with Gasteiger partial charge in [0.05, 0.1) is 6.26 Å². The van der Waals surface area contributed by atoms with Crippen LogP contribution >= 0.6 is 0 Å². The highest BCUT2D eigenvalue weighted by Crippen LogP contribution is 1.91. The average Bonchev–Trinajstić information content (AvgIpc) is 1.66. The minimum atomic E-state index is -0.623. The molecule has 58 valence electrons. The summed E-state index contributed by atoms with van der Waals surface area (Å²) in [5, 5.41) is 0. The SMILES string of the molecule is C[S+]([O-])CCCCN.N. The fraction of sp³-hybridized carbons (Fsp3) is 1.00. The van der Waals surface area contributed by atoms with E-state index >= 15 is 0 Å². The van der Waals surface area contributed by atoms with Crippen LogP contribution in [0.2, 0.25) is 0 Å². The number of unbranched alkanes of at least 4 members (excludes halogenated alkanes) is 1. The molecule has 0 radical (unpaired) electrons. The van der Waals surface area contributed by atoms with Crippen LogP contribution in [0, 0.1) is 0 Å². The number of nitrogens with two attached hydrogens (primary N) is 1.